The van der Waals surface area contributed by atoms with E-state index >= 15 is 0 Å². The predicted octanol–water partition coefficient (Wildman–Crippen LogP) is -0.0471. The highest BCUT2D eigenvalue weighted by atomic mass is 35.5. The van der Waals surface area contributed by atoms with Gasteiger partial charge in [-0.1, -0.05) is 17.9 Å². The van der Waals surface area contributed by atoms with Gasteiger partial charge in [0.25, 0.3) is 0 Å². The first-order valence-corrected chi connectivity index (χ1v) is 10.7. The van der Waals surface area contributed by atoms with Crippen LogP contribution >= 0.6 is 12.4 Å². The molecule has 1 saturated heterocycles. The maximum Gasteiger partial charge on any atom is 0.340 e. The summed E-state index contributed by atoms with van der Waals surface area (Å²) < 4.78 is 33.6. The van der Waals surface area contributed by atoms with E-state index in [2.05, 4.69) is 4.74 Å². The van der Waals surface area contributed by atoms with Gasteiger partial charge in [-0.25, -0.2) is 13.2 Å². The standard InChI is InChI=1S/C19H23NO7S.ClH/c1-11-12-4-5-15(21)14(9-20-19(2)6-7-28(24,25)10-19)17(12)27-18(23)13(11)8-16(22)26-3;/h4-5,20-21H,6-10H2,1-3H3;1H. The molecule has 0 aliphatic carbocycles. The summed E-state index contributed by atoms with van der Waals surface area (Å²) in [5.74, 6) is -0.661. The molecule has 1 aliphatic rings. The van der Waals surface area contributed by atoms with Gasteiger partial charge in [0.05, 0.1) is 24.8 Å². The molecule has 1 fully saturated rings. The molecule has 0 saturated carbocycles. The van der Waals surface area contributed by atoms with Crippen LogP contribution < -0.4 is 16.0 Å². The highest BCUT2D eigenvalue weighted by molar-refractivity contribution is 7.91. The number of hydrogen-bond donors (Lipinski definition) is 1. The van der Waals surface area contributed by atoms with Crippen LogP contribution in [0, 0.1) is 6.92 Å². The van der Waals surface area contributed by atoms with Crippen LogP contribution in [0.4, 0.5) is 0 Å². The van der Waals surface area contributed by atoms with Crippen molar-refractivity contribution in [2.24, 2.45) is 0 Å². The fraction of sp³-hybridized carbons (Fsp3) is 0.474. The molecule has 0 spiro atoms. The van der Waals surface area contributed by atoms with E-state index in [4.69, 9.17) is 4.42 Å². The van der Waals surface area contributed by atoms with Crippen molar-refractivity contribution in [3.8, 4) is 5.75 Å². The van der Waals surface area contributed by atoms with Crippen molar-refractivity contribution in [3.63, 3.8) is 0 Å². The number of carbonyl (C=O) groups excluding carboxylic acids is 1. The first-order valence-electron chi connectivity index (χ1n) is 8.92. The third-order valence-electron chi connectivity index (χ3n) is 5.40. The molecule has 0 amide bonds. The van der Waals surface area contributed by atoms with Crippen molar-refractivity contribution < 1.29 is 32.8 Å². The largest absolute Gasteiger partial charge is 0.872 e. The Kier molecular flexibility index (Phi) is 6.66. The Balaban J connectivity index is 0.00000300. The Hall–Kier alpha value is -2.10. The lowest BCUT2D eigenvalue weighted by atomic mass is 9.99. The fourth-order valence-electron chi connectivity index (χ4n) is 3.65. The van der Waals surface area contributed by atoms with Gasteiger partial charge in [-0.2, -0.15) is 0 Å². The first kappa shape index (κ1) is 23.2. The normalized spacial score (nSPS) is 20.4. The number of halogens is 1. The van der Waals surface area contributed by atoms with Crippen LogP contribution in [0.5, 0.6) is 5.75 Å². The van der Waals surface area contributed by atoms with E-state index in [1.807, 2.05) is 12.2 Å². The van der Waals surface area contributed by atoms with Crippen molar-refractivity contribution in [3.05, 3.63) is 39.2 Å². The molecular weight excluding hydrogens is 422 g/mol. The van der Waals surface area contributed by atoms with Crippen molar-refractivity contribution in [2.45, 2.75) is 38.8 Å². The van der Waals surface area contributed by atoms with Gasteiger partial charge < -0.3 is 19.6 Å². The van der Waals surface area contributed by atoms with Gasteiger partial charge in [0.1, 0.15) is 23.4 Å². The molecule has 8 nitrogen and oxygen atoms in total. The number of fused-ring (bicyclic) bond motifs is 1. The summed E-state index contributed by atoms with van der Waals surface area (Å²) in [4.78, 5) is 24.0. The summed E-state index contributed by atoms with van der Waals surface area (Å²) in [6.45, 7) is 3.74. The van der Waals surface area contributed by atoms with Crippen LogP contribution in [-0.2, 0) is 32.3 Å². The van der Waals surface area contributed by atoms with Crippen LogP contribution in [0.2, 0.25) is 0 Å². The molecular formula is C19H24ClNO7S. The van der Waals surface area contributed by atoms with E-state index in [0.29, 0.717) is 22.9 Å². The van der Waals surface area contributed by atoms with Crippen LogP contribution in [0.25, 0.3) is 11.0 Å². The number of rotatable bonds is 5. The second-order valence-electron chi connectivity index (χ2n) is 7.57. The van der Waals surface area contributed by atoms with Gasteiger partial charge in [0.15, 0.2) is 9.84 Å². The van der Waals surface area contributed by atoms with E-state index in [1.165, 1.54) is 13.2 Å². The zero-order valence-electron chi connectivity index (χ0n) is 16.4. The van der Waals surface area contributed by atoms with Crippen LogP contribution in [0.1, 0.15) is 30.0 Å². The molecule has 1 atom stereocenters. The van der Waals surface area contributed by atoms with Gasteiger partial charge in [-0.15, -0.1) is 12.4 Å². The van der Waals surface area contributed by atoms with Gasteiger partial charge in [-0.3, -0.25) is 4.79 Å². The molecule has 2 heterocycles. The van der Waals surface area contributed by atoms with Crippen molar-refractivity contribution in [1.29, 1.82) is 0 Å². The maximum atomic E-state index is 12.4. The average molecular weight is 446 g/mol. The SMILES string of the molecule is COC(=O)Cc1c(C)c2ccc([O-])c(C[NH2+]C3(C)CCS(=O)(=O)C3)c2oc1=O.Cl. The molecule has 3 rings (SSSR count). The molecule has 10 heteroatoms. The highest BCUT2D eigenvalue weighted by Gasteiger charge is 2.41. The molecule has 160 valence electrons. The Morgan fingerprint density at radius 2 is 2.03 bits per heavy atom. The average Bonchev–Trinajstić information content (AvgIpc) is 2.91. The second-order valence-corrected chi connectivity index (χ2v) is 9.75. The molecule has 1 aliphatic heterocycles. The lowest BCUT2D eigenvalue weighted by Crippen LogP contribution is -2.95. The van der Waals surface area contributed by atoms with E-state index < -0.39 is 27.0 Å². The number of ether oxygens (including phenoxy) is 1. The minimum atomic E-state index is -3.07. The number of sulfone groups is 1. The molecule has 0 radical (unpaired) electrons. The van der Waals surface area contributed by atoms with Gasteiger partial charge >= 0.3 is 11.6 Å². The van der Waals surface area contributed by atoms with Gasteiger partial charge in [0.2, 0.25) is 0 Å². The summed E-state index contributed by atoms with van der Waals surface area (Å²) in [5, 5.41) is 14.8. The molecule has 1 aromatic carbocycles. The summed E-state index contributed by atoms with van der Waals surface area (Å²) >= 11 is 0. The minimum absolute atomic E-state index is 0. The molecule has 1 aromatic heterocycles. The quantitative estimate of drug-likeness (QED) is 0.504. The molecule has 2 aromatic rings. The summed E-state index contributed by atoms with van der Waals surface area (Å²) in [6, 6.07) is 2.97. The molecule has 29 heavy (non-hydrogen) atoms. The Labute approximate surface area is 174 Å². The topological polar surface area (TPSA) is 130 Å². The lowest BCUT2D eigenvalue weighted by molar-refractivity contribution is -0.733. The zero-order chi connectivity index (χ0) is 20.7. The van der Waals surface area contributed by atoms with E-state index in [1.54, 1.807) is 13.0 Å². The number of hydrogen-bond acceptors (Lipinski definition) is 7. The summed E-state index contributed by atoms with van der Waals surface area (Å²) in [6.07, 6.45) is 0.289. The minimum Gasteiger partial charge on any atom is -0.872 e. The number of benzene rings is 1. The Morgan fingerprint density at radius 3 is 2.62 bits per heavy atom. The molecule has 1 unspecified atom stereocenters. The number of esters is 1. The lowest BCUT2D eigenvalue weighted by Gasteiger charge is -2.23. The van der Waals surface area contributed by atoms with E-state index in [9.17, 15) is 23.1 Å². The Morgan fingerprint density at radius 1 is 1.34 bits per heavy atom. The van der Waals surface area contributed by atoms with Crippen LogP contribution in [-0.4, -0.2) is 38.5 Å². The monoisotopic (exact) mass is 445 g/mol. The second kappa shape index (κ2) is 8.33. The van der Waals surface area contributed by atoms with Crippen molar-refractivity contribution >= 4 is 39.2 Å². The number of aryl methyl sites for hydroxylation is 1. The van der Waals surface area contributed by atoms with Crippen LogP contribution in [0.15, 0.2) is 21.3 Å². The van der Waals surface area contributed by atoms with Crippen molar-refractivity contribution in [1.82, 2.24) is 0 Å². The van der Waals surface area contributed by atoms with E-state index in [0.717, 1.165) is 0 Å². The van der Waals surface area contributed by atoms with E-state index in [-0.39, 0.29) is 53.8 Å². The molecule has 2 N–H and O–H groups in total. The fourth-order valence-corrected chi connectivity index (χ4v) is 5.84. The third kappa shape index (κ3) is 4.73. The first-order chi connectivity index (χ1) is 13.1. The Bertz CT molecular complexity index is 1110. The third-order valence-corrected chi connectivity index (χ3v) is 7.32. The van der Waals surface area contributed by atoms with Crippen LogP contribution in [0.3, 0.4) is 0 Å². The van der Waals surface area contributed by atoms with Gasteiger partial charge in [0, 0.05) is 17.4 Å². The zero-order valence-corrected chi connectivity index (χ0v) is 18.1. The number of carbonyl (C=O) groups is 1. The molecule has 0 bridgehead atoms. The smallest absolute Gasteiger partial charge is 0.340 e. The van der Waals surface area contributed by atoms with Gasteiger partial charge in [-0.05, 0) is 19.4 Å². The summed E-state index contributed by atoms with van der Waals surface area (Å²) in [5.41, 5.74) is 0.0524. The van der Waals surface area contributed by atoms with Crippen molar-refractivity contribution in [2.75, 3.05) is 18.6 Å². The highest BCUT2D eigenvalue weighted by Crippen LogP contribution is 2.28. The number of quaternary nitrogens is 1. The maximum absolute atomic E-state index is 12.4. The number of methoxy groups -OCH3 is 1. The number of nitrogens with two attached hydrogens (primary N) is 1. The predicted molar refractivity (Wildman–Crippen MR) is 107 cm³/mol. The summed E-state index contributed by atoms with van der Waals surface area (Å²) in [7, 11) is -1.83.